The SMILES string of the molecule is CCC(C)C(NC(C)c1c(Cl)ccc(F)c1Cl)C(=O)OC. The Kier molecular flexibility index (Phi) is 6.91. The molecule has 6 heteroatoms. The van der Waals surface area contributed by atoms with Gasteiger partial charge in [0.2, 0.25) is 0 Å². The van der Waals surface area contributed by atoms with Crippen LogP contribution < -0.4 is 5.32 Å². The number of ether oxygens (including phenoxy) is 1. The van der Waals surface area contributed by atoms with Crippen LogP contribution in [0.3, 0.4) is 0 Å². The van der Waals surface area contributed by atoms with Crippen LogP contribution in [0.1, 0.15) is 38.8 Å². The van der Waals surface area contributed by atoms with Crippen molar-refractivity contribution in [2.24, 2.45) is 5.92 Å². The second-order valence-corrected chi connectivity index (χ2v) is 5.82. The molecule has 0 radical (unpaired) electrons. The normalized spacial score (nSPS) is 15.4. The number of carbonyl (C=O) groups is 1. The van der Waals surface area contributed by atoms with Gasteiger partial charge in [-0.1, -0.05) is 43.5 Å². The van der Waals surface area contributed by atoms with Gasteiger partial charge in [0.15, 0.2) is 0 Å². The first-order valence-electron chi connectivity index (χ1n) is 6.80. The minimum atomic E-state index is -0.539. The van der Waals surface area contributed by atoms with Crippen LogP contribution in [0.2, 0.25) is 10.0 Å². The fraction of sp³-hybridized carbons (Fsp3) is 0.533. The van der Waals surface area contributed by atoms with E-state index in [1.807, 2.05) is 13.8 Å². The Hall–Kier alpha value is -0.840. The first kappa shape index (κ1) is 18.2. The predicted octanol–water partition coefficient (Wildman–Crippen LogP) is 4.37. The monoisotopic (exact) mass is 335 g/mol. The molecule has 0 saturated carbocycles. The first-order chi connectivity index (χ1) is 9.83. The minimum Gasteiger partial charge on any atom is -0.468 e. The lowest BCUT2D eigenvalue weighted by Gasteiger charge is -2.27. The number of nitrogens with one attached hydrogen (secondary N) is 1. The molecule has 0 aromatic heterocycles. The molecular formula is C15H20Cl2FNO2. The lowest BCUT2D eigenvalue weighted by molar-refractivity contribution is -0.144. The highest BCUT2D eigenvalue weighted by atomic mass is 35.5. The molecule has 118 valence electrons. The van der Waals surface area contributed by atoms with Gasteiger partial charge in [0, 0.05) is 16.6 Å². The molecule has 0 aliphatic carbocycles. The molecule has 0 heterocycles. The highest BCUT2D eigenvalue weighted by Gasteiger charge is 2.28. The summed E-state index contributed by atoms with van der Waals surface area (Å²) >= 11 is 12.1. The van der Waals surface area contributed by atoms with Gasteiger partial charge in [-0.2, -0.15) is 0 Å². The van der Waals surface area contributed by atoms with E-state index >= 15 is 0 Å². The lowest BCUT2D eigenvalue weighted by atomic mass is 9.97. The number of halogens is 3. The Balaban J connectivity index is 3.05. The van der Waals surface area contributed by atoms with E-state index in [2.05, 4.69) is 5.32 Å². The maximum absolute atomic E-state index is 13.6. The highest BCUT2D eigenvalue weighted by Crippen LogP contribution is 2.33. The van der Waals surface area contributed by atoms with Crippen LogP contribution in [0.15, 0.2) is 12.1 Å². The smallest absolute Gasteiger partial charge is 0.323 e. The molecule has 0 bridgehead atoms. The molecule has 0 spiro atoms. The molecule has 21 heavy (non-hydrogen) atoms. The summed E-state index contributed by atoms with van der Waals surface area (Å²) in [4.78, 5) is 11.9. The summed E-state index contributed by atoms with van der Waals surface area (Å²) < 4.78 is 18.4. The second-order valence-electron chi connectivity index (χ2n) is 5.03. The fourth-order valence-corrected chi connectivity index (χ4v) is 2.82. The first-order valence-corrected chi connectivity index (χ1v) is 7.56. The summed E-state index contributed by atoms with van der Waals surface area (Å²) in [7, 11) is 1.34. The average molecular weight is 336 g/mol. The van der Waals surface area contributed by atoms with E-state index in [9.17, 15) is 9.18 Å². The Morgan fingerprint density at radius 3 is 2.52 bits per heavy atom. The van der Waals surface area contributed by atoms with E-state index in [0.717, 1.165) is 6.42 Å². The van der Waals surface area contributed by atoms with Crippen LogP contribution in [0, 0.1) is 11.7 Å². The van der Waals surface area contributed by atoms with E-state index in [1.54, 1.807) is 6.92 Å². The number of methoxy groups -OCH3 is 1. The number of esters is 1. The predicted molar refractivity (Wildman–Crippen MR) is 83.2 cm³/mol. The van der Waals surface area contributed by atoms with Crippen molar-refractivity contribution in [3.63, 3.8) is 0 Å². The summed E-state index contributed by atoms with van der Waals surface area (Å²) in [5.41, 5.74) is 0.440. The Morgan fingerprint density at radius 2 is 2.00 bits per heavy atom. The van der Waals surface area contributed by atoms with Crippen LogP contribution in [0.5, 0.6) is 0 Å². The number of rotatable bonds is 6. The van der Waals surface area contributed by atoms with Crippen LogP contribution in [0.25, 0.3) is 0 Å². The maximum Gasteiger partial charge on any atom is 0.323 e. The largest absolute Gasteiger partial charge is 0.468 e. The van der Waals surface area contributed by atoms with Gasteiger partial charge in [0.25, 0.3) is 0 Å². The van der Waals surface area contributed by atoms with Gasteiger partial charge < -0.3 is 4.74 Å². The molecular weight excluding hydrogens is 316 g/mol. The van der Waals surface area contributed by atoms with Gasteiger partial charge in [-0.3, -0.25) is 10.1 Å². The van der Waals surface area contributed by atoms with Crippen LogP contribution in [-0.4, -0.2) is 19.1 Å². The number of hydrogen-bond donors (Lipinski definition) is 1. The Bertz CT molecular complexity index is 511. The highest BCUT2D eigenvalue weighted by molar-refractivity contribution is 6.36. The van der Waals surface area contributed by atoms with Gasteiger partial charge >= 0.3 is 5.97 Å². The quantitative estimate of drug-likeness (QED) is 0.619. The van der Waals surface area contributed by atoms with Crippen molar-refractivity contribution in [3.8, 4) is 0 Å². The molecule has 1 aromatic rings. The molecule has 0 amide bonds. The molecule has 0 aliphatic heterocycles. The van der Waals surface area contributed by atoms with Crippen molar-refractivity contribution in [3.05, 3.63) is 33.6 Å². The summed E-state index contributed by atoms with van der Waals surface area (Å²) in [5, 5.41) is 3.46. The molecule has 3 atom stereocenters. The zero-order chi connectivity index (χ0) is 16.2. The third-order valence-electron chi connectivity index (χ3n) is 3.61. The van der Waals surface area contributed by atoms with Gasteiger partial charge in [0.05, 0.1) is 12.1 Å². The van der Waals surface area contributed by atoms with Crippen molar-refractivity contribution in [2.75, 3.05) is 7.11 Å². The van der Waals surface area contributed by atoms with E-state index in [1.165, 1.54) is 19.2 Å². The third-order valence-corrected chi connectivity index (χ3v) is 4.32. The summed E-state index contributed by atoms with van der Waals surface area (Å²) in [6.07, 6.45) is 0.796. The maximum atomic E-state index is 13.6. The molecule has 1 rings (SSSR count). The van der Waals surface area contributed by atoms with Crippen LogP contribution >= 0.6 is 23.2 Å². The zero-order valence-electron chi connectivity index (χ0n) is 12.5. The van der Waals surface area contributed by atoms with E-state index in [-0.39, 0.29) is 16.9 Å². The molecule has 3 unspecified atom stereocenters. The van der Waals surface area contributed by atoms with Crippen molar-refractivity contribution < 1.29 is 13.9 Å². The van der Waals surface area contributed by atoms with Crippen LogP contribution in [0.4, 0.5) is 4.39 Å². The van der Waals surface area contributed by atoms with Gasteiger partial charge in [-0.25, -0.2) is 4.39 Å². The topological polar surface area (TPSA) is 38.3 Å². The Labute approximate surface area is 134 Å². The van der Waals surface area contributed by atoms with Crippen molar-refractivity contribution in [1.82, 2.24) is 5.32 Å². The molecule has 1 N–H and O–H groups in total. The Morgan fingerprint density at radius 1 is 1.38 bits per heavy atom. The summed E-state index contributed by atoms with van der Waals surface area (Å²) in [6.45, 7) is 5.70. The van der Waals surface area contributed by atoms with E-state index < -0.39 is 17.9 Å². The summed E-state index contributed by atoms with van der Waals surface area (Å²) in [5.74, 6) is -0.839. The molecule has 0 saturated heterocycles. The van der Waals surface area contributed by atoms with Gasteiger partial charge in [-0.05, 0) is 25.0 Å². The molecule has 0 fully saturated rings. The number of hydrogen-bond acceptors (Lipinski definition) is 3. The van der Waals surface area contributed by atoms with Gasteiger partial charge in [0.1, 0.15) is 11.9 Å². The molecule has 0 aliphatic rings. The van der Waals surface area contributed by atoms with Crippen molar-refractivity contribution in [2.45, 2.75) is 39.3 Å². The number of benzene rings is 1. The van der Waals surface area contributed by atoms with Gasteiger partial charge in [-0.15, -0.1) is 0 Å². The molecule has 3 nitrogen and oxygen atoms in total. The fourth-order valence-electron chi connectivity index (χ4n) is 2.12. The second kappa shape index (κ2) is 7.97. The third kappa shape index (κ3) is 4.31. The average Bonchev–Trinajstić information content (AvgIpc) is 2.47. The van der Waals surface area contributed by atoms with E-state index in [0.29, 0.717) is 10.6 Å². The summed E-state index contributed by atoms with van der Waals surface area (Å²) in [6, 6.07) is 1.77. The minimum absolute atomic E-state index is 0.0322. The standard InChI is InChI=1S/C15H20Cl2FNO2/c1-5-8(2)14(15(20)21-4)19-9(3)12-10(16)6-7-11(18)13(12)17/h6-9,14,19H,5H2,1-4H3. The van der Waals surface area contributed by atoms with Crippen LogP contribution in [-0.2, 0) is 9.53 Å². The van der Waals surface area contributed by atoms with Crippen molar-refractivity contribution >= 4 is 29.2 Å². The zero-order valence-corrected chi connectivity index (χ0v) is 14.1. The lowest BCUT2D eigenvalue weighted by Crippen LogP contribution is -2.43. The molecule has 1 aromatic carbocycles. The number of carbonyl (C=O) groups excluding carboxylic acids is 1. The van der Waals surface area contributed by atoms with Crippen molar-refractivity contribution in [1.29, 1.82) is 0 Å². The van der Waals surface area contributed by atoms with E-state index in [4.69, 9.17) is 27.9 Å².